The van der Waals surface area contributed by atoms with Crippen LogP contribution in [0.5, 0.6) is 0 Å². The van der Waals surface area contributed by atoms with Crippen molar-refractivity contribution in [3.05, 3.63) is 16.8 Å². The average molecular weight is 256 g/mol. The number of nitrogens with one attached hydrogen (secondary N) is 1. The molecule has 0 aliphatic heterocycles. The molecule has 0 radical (unpaired) electrons. The Morgan fingerprint density at radius 2 is 2.11 bits per heavy atom. The Bertz CT molecular complexity index is 424. The number of amides is 1. The van der Waals surface area contributed by atoms with E-state index in [0.29, 0.717) is 6.54 Å². The lowest BCUT2D eigenvalue weighted by atomic mass is 10.2. The topological polar surface area (TPSA) is 89.2 Å². The summed E-state index contributed by atoms with van der Waals surface area (Å²) in [7, 11) is 1.59. The second-order valence-corrected chi connectivity index (χ2v) is 4.17. The van der Waals surface area contributed by atoms with Crippen molar-refractivity contribution in [1.82, 2.24) is 19.7 Å². The highest BCUT2D eigenvalue weighted by Gasteiger charge is 2.06. The molecule has 1 aromatic rings. The van der Waals surface area contributed by atoms with Crippen LogP contribution in [-0.2, 0) is 18.4 Å². The fourth-order valence-electron chi connectivity index (χ4n) is 1.54. The summed E-state index contributed by atoms with van der Waals surface area (Å²) in [5, 5.41) is 15.1. The lowest BCUT2D eigenvalue weighted by Gasteiger charge is -2.04. The third kappa shape index (κ3) is 4.70. The smallest absolute Gasteiger partial charge is 0.345 e. The molecule has 1 heterocycles. The molecule has 1 aromatic heterocycles. The van der Waals surface area contributed by atoms with Gasteiger partial charge in [-0.25, -0.2) is 9.48 Å². The van der Waals surface area contributed by atoms with Crippen molar-refractivity contribution in [2.24, 2.45) is 7.05 Å². The first kappa shape index (κ1) is 14.4. The Balaban J connectivity index is 2.18. The lowest BCUT2D eigenvalue weighted by molar-refractivity contribution is -0.121. The first-order chi connectivity index (χ1) is 8.65. The van der Waals surface area contributed by atoms with E-state index >= 15 is 0 Å². The summed E-state index contributed by atoms with van der Waals surface area (Å²) in [6.45, 7) is 0.761. The van der Waals surface area contributed by atoms with Crippen molar-refractivity contribution in [1.29, 1.82) is 0 Å². The van der Waals surface area contributed by atoms with Gasteiger partial charge in [0.25, 0.3) is 0 Å². The van der Waals surface area contributed by atoms with Gasteiger partial charge in [0.05, 0.1) is 0 Å². The molecule has 0 bridgehead atoms. The summed E-state index contributed by atoms with van der Waals surface area (Å²) in [6.07, 6.45) is 5.00. The van der Waals surface area contributed by atoms with E-state index in [1.165, 1.54) is 10.9 Å². The molecule has 0 unspecified atom stereocenters. The van der Waals surface area contributed by atoms with Gasteiger partial charge in [0.15, 0.2) is 0 Å². The van der Waals surface area contributed by atoms with Gasteiger partial charge in [-0.05, 0) is 12.8 Å². The van der Waals surface area contributed by atoms with E-state index < -0.39 is 0 Å². The van der Waals surface area contributed by atoms with E-state index in [1.807, 2.05) is 0 Å². The van der Waals surface area contributed by atoms with E-state index in [1.54, 1.807) is 7.05 Å². The number of carbonyl (C=O) groups excluding carboxylic acids is 1. The molecular weight excluding hydrogens is 236 g/mol. The third-order valence-electron chi connectivity index (χ3n) is 2.59. The highest BCUT2D eigenvalue weighted by atomic mass is 16.3. The summed E-state index contributed by atoms with van der Waals surface area (Å²) < 4.78 is 2.45. The molecular formula is C11H20N4O3. The number of nitrogens with zero attached hydrogens (tertiary/aromatic N) is 3. The minimum Gasteiger partial charge on any atom is -0.396 e. The summed E-state index contributed by atoms with van der Waals surface area (Å²) in [6, 6.07) is 0. The molecule has 0 saturated heterocycles. The maximum Gasteiger partial charge on any atom is 0.345 e. The van der Waals surface area contributed by atoms with Crippen LogP contribution in [0.1, 0.15) is 25.7 Å². The van der Waals surface area contributed by atoms with E-state index in [-0.39, 0.29) is 24.7 Å². The number of hydrogen-bond acceptors (Lipinski definition) is 4. The molecule has 0 aliphatic rings. The molecule has 0 fully saturated rings. The van der Waals surface area contributed by atoms with Crippen molar-refractivity contribution < 1.29 is 9.90 Å². The average Bonchev–Trinajstić information content (AvgIpc) is 2.65. The Labute approximate surface area is 105 Å². The van der Waals surface area contributed by atoms with Crippen LogP contribution in [0, 0.1) is 0 Å². The Hall–Kier alpha value is -1.63. The molecule has 102 valence electrons. The molecule has 0 saturated carbocycles. The summed E-state index contributed by atoms with van der Waals surface area (Å²) in [5.41, 5.74) is -0.298. The quantitative estimate of drug-likeness (QED) is 0.599. The van der Waals surface area contributed by atoms with Crippen molar-refractivity contribution >= 4 is 5.91 Å². The number of hydrogen-bond donors (Lipinski definition) is 2. The number of carbonyl (C=O) groups is 1. The zero-order valence-corrected chi connectivity index (χ0v) is 10.6. The van der Waals surface area contributed by atoms with Gasteiger partial charge in [-0.3, -0.25) is 9.36 Å². The van der Waals surface area contributed by atoms with Crippen molar-refractivity contribution in [3.8, 4) is 0 Å². The second-order valence-electron chi connectivity index (χ2n) is 4.17. The first-order valence-electron chi connectivity index (χ1n) is 6.11. The minimum absolute atomic E-state index is 0.0453. The molecule has 0 spiro atoms. The van der Waals surface area contributed by atoms with Crippen LogP contribution in [0.3, 0.4) is 0 Å². The highest BCUT2D eigenvalue weighted by Crippen LogP contribution is 1.97. The molecule has 0 aromatic carbocycles. The summed E-state index contributed by atoms with van der Waals surface area (Å²) in [4.78, 5) is 22.9. The van der Waals surface area contributed by atoms with Gasteiger partial charge in [-0.15, -0.1) is 0 Å². The van der Waals surface area contributed by atoms with Crippen LogP contribution in [0.4, 0.5) is 0 Å². The number of unbranched alkanes of at least 4 members (excludes halogenated alkanes) is 3. The van der Waals surface area contributed by atoms with Gasteiger partial charge >= 0.3 is 5.69 Å². The third-order valence-corrected chi connectivity index (χ3v) is 2.59. The van der Waals surface area contributed by atoms with Crippen LogP contribution in [0.2, 0.25) is 0 Å². The predicted molar refractivity (Wildman–Crippen MR) is 66.0 cm³/mol. The van der Waals surface area contributed by atoms with Crippen molar-refractivity contribution in [2.75, 3.05) is 13.2 Å². The van der Waals surface area contributed by atoms with E-state index in [9.17, 15) is 9.59 Å². The van der Waals surface area contributed by atoms with Crippen LogP contribution in [0.25, 0.3) is 0 Å². The zero-order chi connectivity index (χ0) is 13.4. The predicted octanol–water partition coefficient (Wildman–Crippen LogP) is -0.749. The monoisotopic (exact) mass is 256 g/mol. The number of aliphatic hydroxyl groups excluding tert-OH is 1. The van der Waals surface area contributed by atoms with Gasteiger partial charge < -0.3 is 10.4 Å². The molecule has 1 amide bonds. The highest BCUT2D eigenvalue weighted by molar-refractivity contribution is 5.75. The molecule has 7 nitrogen and oxygen atoms in total. The van der Waals surface area contributed by atoms with Gasteiger partial charge in [0.2, 0.25) is 5.91 Å². The molecule has 7 heteroatoms. The summed E-state index contributed by atoms with van der Waals surface area (Å²) >= 11 is 0. The van der Waals surface area contributed by atoms with Crippen molar-refractivity contribution in [2.45, 2.75) is 32.2 Å². The maximum absolute atomic E-state index is 11.5. The molecule has 18 heavy (non-hydrogen) atoms. The number of aliphatic hydroxyl groups is 1. The largest absolute Gasteiger partial charge is 0.396 e. The van der Waals surface area contributed by atoms with E-state index in [4.69, 9.17) is 5.11 Å². The normalized spacial score (nSPS) is 10.6. The van der Waals surface area contributed by atoms with Crippen LogP contribution >= 0.6 is 0 Å². The minimum atomic E-state index is -0.298. The lowest BCUT2D eigenvalue weighted by Crippen LogP contribution is -2.33. The van der Waals surface area contributed by atoms with E-state index in [2.05, 4.69) is 10.4 Å². The Kier molecular flexibility index (Phi) is 6.13. The second kappa shape index (κ2) is 7.65. The molecule has 0 aliphatic carbocycles. The summed E-state index contributed by atoms with van der Waals surface area (Å²) in [5.74, 6) is -0.210. The fraction of sp³-hybridized carbons (Fsp3) is 0.727. The van der Waals surface area contributed by atoms with Crippen LogP contribution < -0.4 is 11.0 Å². The fourth-order valence-corrected chi connectivity index (χ4v) is 1.54. The SMILES string of the molecule is Cn1cnn(CC(=O)NCCCCCCO)c1=O. The van der Waals surface area contributed by atoms with Crippen LogP contribution in [-0.4, -0.2) is 38.5 Å². The number of rotatable bonds is 8. The molecule has 1 rings (SSSR count). The van der Waals surface area contributed by atoms with Crippen molar-refractivity contribution in [3.63, 3.8) is 0 Å². The van der Waals surface area contributed by atoms with Gasteiger partial charge in [-0.2, -0.15) is 5.10 Å². The Morgan fingerprint density at radius 3 is 2.72 bits per heavy atom. The molecule has 0 atom stereocenters. The first-order valence-corrected chi connectivity index (χ1v) is 6.11. The van der Waals surface area contributed by atoms with Crippen LogP contribution in [0.15, 0.2) is 11.1 Å². The molecule has 2 N–H and O–H groups in total. The Morgan fingerprint density at radius 1 is 1.39 bits per heavy atom. The van der Waals surface area contributed by atoms with Gasteiger partial charge in [0.1, 0.15) is 12.9 Å². The van der Waals surface area contributed by atoms with Gasteiger partial charge in [-0.1, -0.05) is 12.8 Å². The number of aryl methyl sites for hydroxylation is 1. The standard InChI is InChI=1S/C11H20N4O3/c1-14-9-13-15(11(14)18)8-10(17)12-6-4-2-3-5-7-16/h9,16H,2-8H2,1H3,(H,12,17). The van der Waals surface area contributed by atoms with Gasteiger partial charge in [0, 0.05) is 20.2 Å². The zero-order valence-electron chi connectivity index (χ0n) is 10.6. The number of aromatic nitrogens is 3. The maximum atomic E-state index is 11.5. The van der Waals surface area contributed by atoms with E-state index in [0.717, 1.165) is 30.4 Å².